The summed E-state index contributed by atoms with van der Waals surface area (Å²) < 4.78 is 46.2. The van der Waals surface area contributed by atoms with Crippen molar-refractivity contribution in [2.24, 2.45) is 0 Å². The van der Waals surface area contributed by atoms with Crippen molar-refractivity contribution in [3.05, 3.63) is 77.5 Å². The van der Waals surface area contributed by atoms with Gasteiger partial charge in [0.1, 0.15) is 17.4 Å². The van der Waals surface area contributed by atoms with Crippen LogP contribution in [-0.2, 0) is 26.1 Å². The lowest BCUT2D eigenvalue weighted by Gasteiger charge is -2.27. The van der Waals surface area contributed by atoms with Gasteiger partial charge in [0, 0.05) is 39.5 Å². The third kappa shape index (κ3) is 4.18. The summed E-state index contributed by atoms with van der Waals surface area (Å²) in [4.78, 5) is 15.6. The Kier molecular flexibility index (Phi) is 5.85. The lowest BCUT2D eigenvalue weighted by molar-refractivity contribution is -0.122. The Hall–Kier alpha value is -3.28. The molecule has 1 saturated carbocycles. The SMILES string of the molecule is Cc1cc(N2C[C@H](S3(=O)=PC(F)(F)c4ccccc43)C[C@@H]2C(=O)NC2(C#N)CC2)n(Cc2ccccc2)n1. The van der Waals surface area contributed by atoms with Crippen LogP contribution in [0.1, 0.15) is 36.1 Å². The van der Waals surface area contributed by atoms with Gasteiger partial charge in [-0.3, -0.25) is 9.00 Å². The molecular formula is C27H26F2N5O2PS. The number of carbonyl (C=O) groups excluding carboxylic acids is 1. The molecule has 3 aliphatic rings. The maximum atomic E-state index is 15.0. The van der Waals surface area contributed by atoms with Gasteiger partial charge in [-0.2, -0.15) is 19.1 Å². The van der Waals surface area contributed by atoms with E-state index < -0.39 is 39.0 Å². The van der Waals surface area contributed by atoms with Crippen molar-refractivity contribution in [2.75, 3.05) is 11.4 Å². The molecule has 6 rings (SSSR count). The third-order valence-electron chi connectivity index (χ3n) is 7.47. The van der Waals surface area contributed by atoms with Gasteiger partial charge in [0.15, 0.2) is 0 Å². The van der Waals surface area contributed by atoms with Gasteiger partial charge in [0.05, 0.1) is 23.6 Å². The predicted molar refractivity (Wildman–Crippen MR) is 141 cm³/mol. The van der Waals surface area contributed by atoms with Gasteiger partial charge < -0.3 is 10.2 Å². The zero-order valence-electron chi connectivity index (χ0n) is 20.7. The van der Waals surface area contributed by atoms with Crippen LogP contribution < -0.4 is 10.2 Å². The third-order valence-corrected chi connectivity index (χ3v) is 13.4. The summed E-state index contributed by atoms with van der Waals surface area (Å²) >= 11 is 0. The second-order valence-corrected chi connectivity index (χ2v) is 15.4. The number of hydrogen-bond donors (Lipinski definition) is 1. The summed E-state index contributed by atoms with van der Waals surface area (Å²) in [6.07, 6.45) is 1.29. The molecule has 38 heavy (non-hydrogen) atoms. The van der Waals surface area contributed by atoms with E-state index >= 15 is 8.78 Å². The number of carbonyl (C=O) groups is 1. The minimum Gasteiger partial charge on any atom is -0.344 e. The Morgan fingerprint density at radius 1 is 1.21 bits per heavy atom. The van der Waals surface area contributed by atoms with Crippen LogP contribution in [-0.4, -0.2) is 43.3 Å². The summed E-state index contributed by atoms with van der Waals surface area (Å²) in [5, 5.41) is 16.4. The molecule has 11 heteroatoms. The number of nitrogens with one attached hydrogen (secondary N) is 1. The fourth-order valence-electron chi connectivity index (χ4n) is 5.37. The Morgan fingerprint density at radius 3 is 2.63 bits per heavy atom. The van der Waals surface area contributed by atoms with Crippen LogP contribution in [0, 0.1) is 18.3 Å². The maximum Gasteiger partial charge on any atom is 0.321 e. The van der Waals surface area contributed by atoms with Gasteiger partial charge in [0.25, 0.3) is 0 Å². The minimum atomic E-state index is -3.22. The summed E-state index contributed by atoms with van der Waals surface area (Å²) in [5.74, 6) is 0.308. The number of hydrogen-bond acceptors (Lipinski definition) is 5. The molecular weight excluding hydrogens is 527 g/mol. The molecule has 2 fully saturated rings. The van der Waals surface area contributed by atoms with Crippen LogP contribution in [0.3, 0.4) is 0 Å². The van der Waals surface area contributed by atoms with E-state index in [-0.39, 0.29) is 29.3 Å². The lowest BCUT2D eigenvalue weighted by Crippen LogP contribution is -2.48. The highest BCUT2D eigenvalue weighted by Crippen LogP contribution is 2.55. The molecule has 1 aromatic heterocycles. The molecule has 1 aliphatic carbocycles. The van der Waals surface area contributed by atoms with Crippen LogP contribution in [0.15, 0.2) is 65.6 Å². The second kappa shape index (κ2) is 8.89. The zero-order chi connectivity index (χ0) is 26.7. The van der Waals surface area contributed by atoms with E-state index in [4.69, 9.17) is 0 Å². The average Bonchev–Trinajstić information content (AvgIpc) is 3.25. The molecule has 0 bridgehead atoms. The summed E-state index contributed by atoms with van der Waals surface area (Å²) in [6.45, 7) is 2.47. The van der Waals surface area contributed by atoms with Crippen molar-refractivity contribution < 1.29 is 17.8 Å². The number of rotatable bonds is 6. The van der Waals surface area contributed by atoms with Crippen molar-refractivity contribution in [1.82, 2.24) is 15.1 Å². The number of aromatic nitrogens is 2. The van der Waals surface area contributed by atoms with Gasteiger partial charge in [-0.15, -0.1) is 0 Å². The van der Waals surface area contributed by atoms with Crippen molar-refractivity contribution in [3.63, 3.8) is 0 Å². The molecule has 3 heterocycles. The zero-order valence-corrected chi connectivity index (χ0v) is 22.4. The topological polar surface area (TPSA) is 91.0 Å². The molecule has 1 unspecified atom stereocenters. The highest BCUT2D eigenvalue weighted by atomic mass is 32.5. The highest BCUT2D eigenvalue weighted by molar-refractivity contribution is 8.26. The summed E-state index contributed by atoms with van der Waals surface area (Å²) in [7, 11) is -3.63. The number of aryl methyl sites for hydroxylation is 1. The van der Waals surface area contributed by atoms with Crippen LogP contribution in [0.4, 0.5) is 14.6 Å². The highest BCUT2D eigenvalue weighted by Gasteiger charge is 2.52. The van der Waals surface area contributed by atoms with Gasteiger partial charge >= 0.3 is 5.66 Å². The quantitative estimate of drug-likeness (QED) is 0.450. The van der Waals surface area contributed by atoms with E-state index in [0.29, 0.717) is 25.2 Å². The van der Waals surface area contributed by atoms with Gasteiger partial charge in [-0.05, 0) is 37.8 Å². The molecule has 0 spiro atoms. The lowest BCUT2D eigenvalue weighted by atomic mass is 10.1. The van der Waals surface area contributed by atoms with E-state index in [1.807, 2.05) is 48.2 Å². The summed E-state index contributed by atoms with van der Waals surface area (Å²) in [6, 6.07) is 19.1. The number of alkyl halides is 2. The Labute approximate surface area is 221 Å². The molecule has 1 N–H and O–H groups in total. The first kappa shape index (κ1) is 25.0. The predicted octanol–water partition coefficient (Wildman–Crippen LogP) is 4.63. The number of halogens is 2. The van der Waals surface area contributed by atoms with Gasteiger partial charge in [0.2, 0.25) is 5.91 Å². The number of fused-ring (bicyclic) bond motifs is 1. The average molecular weight is 554 g/mol. The van der Waals surface area contributed by atoms with E-state index in [1.165, 1.54) is 18.2 Å². The standard InChI is InChI=1S/C27H26F2N5O2PS/c1-18-13-24(34(32-18)15-19-7-3-2-4-8-19)33-16-20(14-22(33)25(35)31-26(17-30)11-12-26)38(36)23-10-6-5-9-21(23)27(28,29)37-38/h2-10,13,20,22H,11-12,14-16H2,1H3,(H,31,35)/t20-,22-,38?/m1/s1. The summed E-state index contributed by atoms with van der Waals surface area (Å²) in [5.41, 5.74) is -2.53. The van der Waals surface area contributed by atoms with Crippen LogP contribution in [0.2, 0.25) is 0 Å². The first-order valence-corrected chi connectivity index (χ1v) is 15.6. The van der Waals surface area contributed by atoms with E-state index in [1.54, 1.807) is 10.7 Å². The Balaban J connectivity index is 1.40. The van der Waals surface area contributed by atoms with Crippen molar-refractivity contribution in [2.45, 2.75) is 60.1 Å². The van der Waals surface area contributed by atoms with Crippen molar-refractivity contribution in [1.29, 1.82) is 5.26 Å². The van der Waals surface area contributed by atoms with Gasteiger partial charge in [-0.1, -0.05) is 48.5 Å². The normalized spacial score (nSPS) is 26.7. The van der Waals surface area contributed by atoms with Crippen LogP contribution in [0.5, 0.6) is 0 Å². The Morgan fingerprint density at radius 2 is 1.92 bits per heavy atom. The number of nitrogens with zero attached hydrogens (tertiary/aromatic N) is 4. The molecule has 3 aromatic rings. The molecule has 7 nitrogen and oxygen atoms in total. The smallest absolute Gasteiger partial charge is 0.321 e. The number of anilines is 1. The fourth-order valence-corrected chi connectivity index (χ4v) is 11.3. The Bertz CT molecular complexity index is 1590. The maximum absolute atomic E-state index is 15.0. The van der Waals surface area contributed by atoms with Gasteiger partial charge in [-0.25, -0.2) is 4.68 Å². The number of nitriles is 1. The first-order chi connectivity index (χ1) is 18.1. The fraction of sp³-hybridized carbons (Fsp3) is 0.370. The molecule has 1 amide bonds. The molecule has 2 aliphatic heterocycles. The molecule has 1 saturated heterocycles. The van der Waals surface area contributed by atoms with Crippen molar-refractivity contribution >= 4 is 28.2 Å². The van der Waals surface area contributed by atoms with E-state index in [9.17, 15) is 14.3 Å². The molecule has 196 valence electrons. The van der Waals surface area contributed by atoms with Crippen molar-refractivity contribution in [3.8, 4) is 6.07 Å². The van der Waals surface area contributed by atoms with E-state index in [0.717, 1.165) is 11.3 Å². The molecule has 3 atom stereocenters. The largest absolute Gasteiger partial charge is 0.344 e. The number of benzene rings is 2. The number of amides is 1. The van der Waals surface area contributed by atoms with Crippen LogP contribution >= 0.6 is 7.36 Å². The van der Waals surface area contributed by atoms with E-state index in [2.05, 4.69) is 16.5 Å². The second-order valence-electron chi connectivity index (χ2n) is 10.2. The first-order valence-electron chi connectivity index (χ1n) is 12.5. The van der Waals surface area contributed by atoms with Crippen LogP contribution in [0.25, 0.3) is 0 Å². The minimum absolute atomic E-state index is 0.138. The molecule has 0 radical (unpaired) electrons. The monoisotopic (exact) mass is 553 g/mol. The molecule has 2 aromatic carbocycles.